The second-order valence-electron chi connectivity index (χ2n) is 18.7. The minimum atomic E-state index is -2.55. The van der Waals surface area contributed by atoms with Gasteiger partial charge >= 0.3 is 0 Å². The van der Waals surface area contributed by atoms with Crippen molar-refractivity contribution in [2.24, 2.45) is 5.41 Å². The molecule has 2 fully saturated rings. The van der Waals surface area contributed by atoms with E-state index in [2.05, 4.69) is 21.8 Å². The second-order valence-corrected chi connectivity index (χ2v) is 21.8. The summed E-state index contributed by atoms with van der Waals surface area (Å²) in [6.45, 7) is 12.4. The van der Waals surface area contributed by atoms with Crippen molar-refractivity contribution in [3.05, 3.63) is 124 Å². The average Bonchev–Trinajstić information content (AvgIpc) is 3.32. The van der Waals surface area contributed by atoms with Crippen LogP contribution in [0, 0.1) is 39.5 Å². The van der Waals surface area contributed by atoms with Crippen LogP contribution < -0.4 is 21.7 Å². The zero-order valence-electron chi connectivity index (χ0n) is 42.5. The van der Waals surface area contributed by atoms with Crippen molar-refractivity contribution >= 4 is 68.0 Å². The molecule has 0 spiro atoms. The van der Waals surface area contributed by atoms with Crippen molar-refractivity contribution in [1.29, 1.82) is 10.8 Å². The number of amides is 2. The van der Waals surface area contributed by atoms with E-state index < -0.39 is 55.9 Å². The first-order valence-corrected chi connectivity index (χ1v) is 27.3. The second kappa shape index (κ2) is 31.1. The third kappa shape index (κ3) is 21.6. The van der Waals surface area contributed by atoms with Crippen molar-refractivity contribution in [3.8, 4) is 0 Å². The Morgan fingerprint density at radius 2 is 1.45 bits per heavy atom. The number of ether oxygens (including phenoxy) is 2. The lowest BCUT2D eigenvalue weighted by Gasteiger charge is -2.37. The van der Waals surface area contributed by atoms with Gasteiger partial charge in [0.25, 0.3) is 11.8 Å². The molecule has 0 aliphatic carbocycles. The van der Waals surface area contributed by atoms with Gasteiger partial charge < -0.3 is 56.3 Å². The molecule has 3 aromatic rings. The molecule has 3 unspecified atom stereocenters. The molecule has 414 valence electrons. The summed E-state index contributed by atoms with van der Waals surface area (Å²) in [6, 6.07) is 12.4. The van der Waals surface area contributed by atoms with Crippen LogP contribution in [0.5, 0.6) is 0 Å². The molecule has 2 amide bonds. The van der Waals surface area contributed by atoms with Crippen LogP contribution in [0.4, 0.5) is 34.6 Å². The highest BCUT2D eigenvalue weighted by Gasteiger charge is 2.30. The number of hydrogen-bond acceptors (Lipinski definition) is 13. The first-order valence-electron chi connectivity index (χ1n) is 24.3. The van der Waals surface area contributed by atoms with E-state index in [0.29, 0.717) is 50.7 Å². The van der Waals surface area contributed by atoms with Gasteiger partial charge in [0.1, 0.15) is 40.8 Å². The van der Waals surface area contributed by atoms with Crippen LogP contribution in [0.3, 0.4) is 0 Å². The standard InChI is InChI=1S/C25H34F2N4O3S.C20H28F2N4O2.C7H9NO2S.CH4/c1-35(33)15-9-7-5-3-2-4-6-8-14-34-24(23(19-28)30-10-12-31(35)13-11-30)25(32)29-22-17-20(26)16-21(27)18-22;1-13(20(2,3)4)28-18(17(12-23)26-7-5-24-6-8-26)19(27)25-16-10-14(21)9-15(22)11-16;8-7-3-1-2-6(4-7)5-11(9)10;/h9,15-19,28H,1-8,10-14H2,(H,29,32);9-13,23-24H,5-8H2,1-4H3,(H,25,27);1-4H,5,8H2,(H,9,10);1H4/p-1/b15-9+,24-23-,28-19?;18-17-,23-12?;;. The Balaban J connectivity index is 0.000000330. The fourth-order valence-electron chi connectivity index (χ4n) is 7.58. The van der Waals surface area contributed by atoms with Crippen LogP contribution in [0.1, 0.15) is 85.6 Å². The van der Waals surface area contributed by atoms with Crippen molar-refractivity contribution in [2.45, 2.75) is 91.9 Å². The fourth-order valence-corrected chi connectivity index (χ4v) is 9.42. The highest BCUT2D eigenvalue weighted by atomic mass is 32.2. The van der Waals surface area contributed by atoms with Crippen molar-refractivity contribution in [3.63, 3.8) is 0 Å². The lowest BCUT2D eigenvalue weighted by molar-refractivity contribution is -0.118. The Morgan fingerprint density at radius 3 is 1.99 bits per heavy atom. The molecular weight excluding hydrogens is 1010 g/mol. The van der Waals surface area contributed by atoms with Crippen molar-refractivity contribution in [1.82, 2.24) is 19.4 Å². The summed E-state index contributed by atoms with van der Waals surface area (Å²) in [6.07, 6.45) is 10.5. The molecule has 4 aliphatic rings. The number of nitrogens with one attached hydrogen (secondary N) is 5. The SMILES string of the molecule is C.C=S1(=O)/C=C/CCCCCCCCO/C(C(=O)Nc2cc(F)cc(F)c2)=C(/C=N)N2CCN1CC2.CC(O/C(C(=O)Nc1cc(F)cc(F)c1)=C(/C=N)N1CCNCC1)C(C)(C)C.Nc1cccc(CS(=O)[O-])c1. The molecule has 4 aliphatic heterocycles. The van der Waals surface area contributed by atoms with E-state index in [9.17, 15) is 40.1 Å². The summed E-state index contributed by atoms with van der Waals surface area (Å²) in [5, 5.41) is 25.7. The Hall–Kier alpha value is -6.07. The van der Waals surface area contributed by atoms with Crippen molar-refractivity contribution < 1.29 is 49.6 Å². The van der Waals surface area contributed by atoms with Crippen LogP contribution in [0.2, 0.25) is 0 Å². The van der Waals surface area contributed by atoms with Gasteiger partial charge in [-0.05, 0) is 79.4 Å². The van der Waals surface area contributed by atoms with Gasteiger partial charge in [0, 0.05) is 115 Å². The number of rotatable bonds is 11. The minimum absolute atomic E-state index is 0. The van der Waals surface area contributed by atoms with E-state index in [4.69, 9.17) is 26.0 Å². The van der Waals surface area contributed by atoms with Crippen LogP contribution in [0.15, 0.2) is 95.1 Å². The van der Waals surface area contributed by atoms with Gasteiger partial charge in [0.05, 0.1) is 6.61 Å². The van der Waals surface area contributed by atoms with Gasteiger partial charge in [0.2, 0.25) is 11.5 Å². The first kappa shape index (κ1) is 63.2. The topological polar surface area (TPSA) is 229 Å². The maximum Gasteiger partial charge on any atom is 0.293 e. The van der Waals surface area contributed by atoms with Gasteiger partial charge in [-0.3, -0.25) is 13.8 Å². The highest BCUT2D eigenvalue weighted by molar-refractivity contribution is 8.00. The van der Waals surface area contributed by atoms with Crippen LogP contribution in [-0.2, 0) is 45.6 Å². The van der Waals surface area contributed by atoms with E-state index in [1.165, 1.54) is 0 Å². The molecule has 2 bridgehead atoms. The molecule has 75 heavy (non-hydrogen) atoms. The average molecular weight is 1090 g/mol. The molecule has 16 nitrogen and oxygen atoms in total. The van der Waals surface area contributed by atoms with E-state index in [0.717, 1.165) is 112 Å². The molecule has 22 heteroatoms. The van der Waals surface area contributed by atoms with E-state index in [-0.39, 0.29) is 59.9 Å². The molecule has 0 aromatic heterocycles. The van der Waals surface area contributed by atoms with E-state index in [1.54, 1.807) is 29.7 Å². The minimum Gasteiger partial charge on any atom is -0.772 e. The Labute approximate surface area is 442 Å². The van der Waals surface area contributed by atoms with Crippen LogP contribution >= 0.6 is 0 Å². The number of nitrogens with two attached hydrogens (primary N) is 1. The van der Waals surface area contributed by atoms with Crippen molar-refractivity contribution in [2.75, 3.05) is 75.3 Å². The quantitative estimate of drug-likeness (QED) is 0.0202. The van der Waals surface area contributed by atoms with Gasteiger partial charge in [0.15, 0.2) is 0 Å². The molecule has 0 saturated carbocycles. The predicted molar refractivity (Wildman–Crippen MR) is 292 cm³/mol. The summed E-state index contributed by atoms with van der Waals surface area (Å²) >= 11 is -2.03. The molecule has 7 rings (SSSR count). The number of anilines is 3. The number of allylic oxidation sites excluding steroid dienone is 3. The molecule has 4 heterocycles. The number of halogens is 4. The Bertz CT molecular complexity index is 2580. The summed E-state index contributed by atoms with van der Waals surface area (Å²) < 4.78 is 101. The van der Waals surface area contributed by atoms with Gasteiger partial charge in [-0.2, -0.15) is 0 Å². The highest BCUT2D eigenvalue weighted by Crippen LogP contribution is 2.27. The lowest BCUT2D eigenvalue weighted by Crippen LogP contribution is -2.48. The third-order valence-corrected chi connectivity index (χ3v) is 14.4. The van der Waals surface area contributed by atoms with Crippen LogP contribution in [0.25, 0.3) is 0 Å². The monoisotopic (exact) mass is 1090 g/mol. The van der Waals surface area contributed by atoms with E-state index in [1.807, 2.05) is 47.9 Å². The van der Waals surface area contributed by atoms with E-state index >= 15 is 0 Å². The smallest absolute Gasteiger partial charge is 0.293 e. The Morgan fingerprint density at radius 1 is 0.893 bits per heavy atom. The number of piperazine rings is 2. The number of nitrogen functional groups attached to an aromatic ring is 1. The lowest BCUT2D eigenvalue weighted by atomic mass is 9.90. The molecule has 0 radical (unpaired) electrons. The normalized spacial score (nSPS) is 21.2. The predicted octanol–water partition coefficient (Wildman–Crippen LogP) is 8.69. The third-order valence-electron chi connectivity index (χ3n) is 11.9. The number of benzene rings is 3. The molecule has 2 saturated heterocycles. The first-order chi connectivity index (χ1) is 35.1. The van der Waals surface area contributed by atoms with Gasteiger partial charge in [-0.15, -0.1) is 0 Å². The summed E-state index contributed by atoms with van der Waals surface area (Å²) in [4.78, 5) is 29.8. The van der Waals surface area contributed by atoms with Crippen LogP contribution in [-0.4, -0.2) is 122 Å². The number of fused-ring (bicyclic) bond motifs is 13. The molecular formula is C53H74F4N9O7S2-. The maximum atomic E-state index is 13.6. The maximum absolute atomic E-state index is 13.6. The zero-order chi connectivity index (χ0) is 54.4. The molecule has 7 N–H and O–H groups in total. The number of carbonyl (C=O) groups excluding carboxylic acids is 2. The zero-order valence-corrected chi connectivity index (χ0v) is 44.1. The number of carbonyl (C=O) groups is 2. The van der Waals surface area contributed by atoms with Gasteiger partial charge in [-0.1, -0.05) is 83.2 Å². The van der Waals surface area contributed by atoms with Gasteiger partial charge in [-0.25, -0.2) is 26.1 Å². The number of nitrogens with zero attached hydrogens (tertiary/aromatic N) is 3. The summed E-state index contributed by atoms with van der Waals surface area (Å²) in [5.41, 5.74) is 7.04. The Kier molecular flexibility index (Phi) is 26.2. The fraction of sp³-hybridized carbons (Fsp3) is 0.453. The largest absolute Gasteiger partial charge is 0.772 e. The molecule has 3 aromatic carbocycles. The summed E-state index contributed by atoms with van der Waals surface area (Å²) in [7, 11) is -2.55. The summed E-state index contributed by atoms with van der Waals surface area (Å²) in [5.74, 6) is -0.705. The molecule has 3 atom stereocenters. The number of hydrogen-bond donors (Lipinski definition) is 6.